The van der Waals surface area contributed by atoms with Gasteiger partial charge in [-0.1, -0.05) is 24.3 Å². The van der Waals surface area contributed by atoms with Gasteiger partial charge in [-0.15, -0.1) is 6.58 Å². The molecule has 0 aliphatic rings. The fourth-order valence-corrected chi connectivity index (χ4v) is 1.20. The van der Waals surface area contributed by atoms with Crippen LogP contribution in [-0.4, -0.2) is 11.1 Å². The molecule has 68 valence electrons. The number of hydrogen-bond acceptors (Lipinski definition) is 1. The Morgan fingerprint density at radius 2 is 2.15 bits per heavy atom. The molecule has 1 N–H and O–H groups in total. The van der Waals surface area contributed by atoms with Crippen LogP contribution >= 0.6 is 0 Å². The normalized spacial score (nSPS) is 9.54. The zero-order chi connectivity index (χ0) is 9.68. The van der Waals surface area contributed by atoms with E-state index in [1.165, 1.54) is 0 Å². The first-order chi connectivity index (χ1) is 6.25. The first-order valence-electron chi connectivity index (χ1n) is 4.18. The Bertz CT molecular complexity index is 316. The molecule has 0 heterocycles. The van der Waals surface area contributed by atoms with Gasteiger partial charge < -0.3 is 5.11 Å². The fraction of sp³-hybridized carbons (Fsp3) is 0.182. The molecule has 0 spiro atoms. The van der Waals surface area contributed by atoms with E-state index < -0.39 is 5.97 Å². The molecule has 0 fully saturated rings. The predicted molar refractivity (Wildman–Crippen MR) is 51.9 cm³/mol. The summed E-state index contributed by atoms with van der Waals surface area (Å²) in [6.07, 6.45) is 3.34. The lowest BCUT2D eigenvalue weighted by Crippen LogP contribution is -2.01. The summed E-state index contributed by atoms with van der Waals surface area (Å²) in [5.41, 5.74) is 1.26. The minimum absolute atomic E-state index is 0.393. The van der Waals surface area contributed by atoms with E-state index in [0.717, 1.165) is 18.4 Å². The minimum Gasteiger partial charge on any atom is -0.478 e. The van der Waals surface area contributed by atoms with Crippen LogP contribution in [-0.2, 0) is 6.42 Å². The molecule has 2 nitrogen and oxygen atoms in total. The van der Waals surface area contributed by atoms with Crippen molar-refractivity contribution in [3.8, 4) is 0 Å². The van der Waals surface area contributed by atoms with Crippen molar-refractivity contribution in [3.63, 3.8) is 0 Å². The number of carboxylic acid groups (broad SMARTS) is 1. The monoisotopic (exact) mass is 176 g/mol. The van der Waals surface area contributed by atoms with E-state index in [1.807, 2.05) is 12.1 Å². The summed E-state index contributed by atoms with van der Waals surface area (Å²) in [5.74, 6) is -0.861. The molecule has 1 aromatic rings. The third-order valence-electron chi connectivity index (χ3n) is 1.87. The van der Waals surface area contributed by atoms with E-state index in [2.05, 4.69) is 6.58 Å². The second-order valence-corrected chi connectivity index (χ2v) is 2.79. The second kappa shape index (κ2) is 4.45. The van der Waals surface area contributed by atoms with Gasteiger partial charge in [0.2, 0.25) is 0 Å². The van der Waals surface area contributed by atoms with Gasteiger partial charge >= 0.3 is 5.97 Å². The molecule has 0 aliphatic carbocycles. The third kappa shape index (κ3) is 2.44. The Kier molecular flexibility index (Phi) is 3.26. The zero-order valence-electron chi connectivity index (χ0n) is 7.36. The molecule has 0 aromatic heterocycles. The lowest BCUT2D eigenvalue weighted by atomic mass is 10.0. The highest BCUT2D eigenvalue weighted by Crippen LogP contribution is 2.10. The van der Waals surface area contributed by atoms with E-state index >= 15 is 0 Å². The maximum absolute atomic E-state index is 10.8. The van der Waals surface area contributed by atoms with Crippen LogP contribution in [0.5, 0.6) is 0 Å². The fourth-order valence-electron chi connectivity index (χ4n) is 1.20. The Morgan fingerprint density at radius 3 is 2.77 bits per heavy atom. The van der Waals surface area contributed by atoms with Crippen LogP contribution in [0.4, 0.5) is 0 Å². The van der Waals surface area contributed by atoms with Crippen molar-refractivity contribution >= 4 is 5.97 Å². The molecule has 1 aromatic carbocycles. The Morgan fingerprint density at radius 1 is 1.46 bits per heavy atom. The highest BCUT2D eigenvalue weighted by Gasteiger charge is 2.06. The van der Waals surface area contributed by atoms with Crippen molar-refractivity contribution in [2.24, 2.45) is 0 Å². The predicted octanol–water partition coefficient (Wildman–Crippen LogP) is 2.50. The van der Waals surface area contributed by atoms with Crippen molar-refractivity contribution in [1.29, 1.82) is 0 Å². The summed E-state index contributed by atoms with van der Waals surface area (Å²) in [6.45, 7) is 3.60. The maximum Gasteiger partial charge on any atom is 0.335 e. The summed E-state index contributed by atoms with van der Waals surface area (Å²) >= 11 is 0. The molecule has 0 unspecified atom stereocenters. The number of benzene rings is 1. The number of carboxylic acids is 1. The molecule has 1 rings (SSSR count). The van der Waals surface area contributed by atoms with Crippen LogP contribution in [0.15, 0.2) is 36.9 Å². The molecule has 0 saturated heterocycles. The average Bonchev–Trinajstić information content (AvgIpc) is 2.15. The number of aromatic carboxylic acids is 1. The van der Waals surface area contributed by atoms with E-state index in [0.29, 0.717) is 5.56 Å². The lowest BCUT2D eigenvalue weighted by Gasteiger charge is -2.02. The number of carbonyl (C=O) groups is 1. The number of hydrogen-bond donors (Lipinski definition) is 1. The summed E-state index contributed by atoms with van der Waals surface area (Å²) in [6, 6.07) is 7.05. The average molecular weight is 176 g/mol. The van der Waals surface area contributed by atoms with E-state index in [4.69, 9.17) is 5.11 Å². The van der Waals surface area contributed by atoms with Crippen LogP contribution in [0.1, 0.15) is 22.3 Å². The largest absolute Gasteiger partial charge is 0.478 e. The van der Waals surface area contributed by atoms with Gasteiger partial charge in [0, 0.05) is 0 Å². The van der Waals surface area contributed by atoms with Crippen LogP contribution in [0, 0.1) is 0 Å². The second-order valence-electron chi connectivity index (χ2n) is 2.79. The number of aryl methyl sites for hydroxylation is 1. The van der Waals surface area contributed by atoms with Crippen LogP contribution in [0.3, 0.4) is 0 Å². The Balaban J connectivity index is 2.90. The summed E-state index contributed by atoms with van der Waals surface area (Å²) in [5, 5.41) is 8.84. The third-order valence-corrected chi connectivity index (χ3v) is 1.87. The molecule has 0 aliphatic heterocycles. The molecule has 2 heteroatoms. The first kappa shape index (κ1) is 9.52. The van der Waals surface area contributed by atoms with Crippen LogP contribution < -0.4 is 0 Å². The van der Waals surface area contributed by atoms with Gasteiger partial charge in [-0.25, -0.2) is 4.79 Å². The highest BCUT2D eigenvalue weighted by atomic mass is 16.4. The zero-order valence-corrected chi connectivity index (χ0v) is 7.36. The summed E-state index contributed by atoms with van der Waals surface area (Å²) in [4.78, 5) is 10.8. The molecule has 0 amide bonds. The van der Waals surface area contributed by atoms with Gasteiger partial charge in [-0.3, -0.25) is 0 Å². The molecule has 0 atom stereocenters. The van der Waals surface area contributed by atoms with E-state index in [9.17, 15) is 4.79 Å². The molecular weight excluding hydrogens is 164 g/mol. The SMILES string of the molecule is C=CCCc1ccccc1C(=O)O. The molecule has 0 bridgehead atoms. The highest BCUT2D eigenvalue weighted by molar-refractivity contribution is 5.89. The quantitative estimate of drug-likeness (QED) is 0.715. The number of allylic oxidation sites excluding steroid dienone is 1. The molecule has 13 heavy (non-hydrogen) atoms. The van der Waals surface area contributed by atoms with Gasteiger partial charge in [-0.2, -0.15) is 0 Å². The topological polar surface area (TPSA) is 37.3 Å². The van der Waals surface area contributed by atoms with Crippen molar-refractivity contribution in [2.75, 3.05) is 0 Å². The lowest BCUT2D eigenvalue weighted by molar-refractivity contribution is 0.0695. The van der Waals surface area contributed by atoms with Gasteiger partial charge in [-0.05, 0) is 24.5 Å². The van der Waals surface area contributed by atoms with Gasteiger partial charge in [0.1, 0.15) is 0 Å². The summed E-state index contributed by atoms with van der Waals surface area (Å²) in [7, 11) is 0. The van der Waals surface area contributed by atoms with Crippen molar-refractivity contribution < 1.29 is 9.90 Å². The van der Waals surface area contributed by atoms with Crippen molar-refractivity contribution in [2.45, 2.75) is 12.8 Å². The van der Waals surface area contributed by atoms with Crippen molar-refractivity contribution in [1.82, 2.24) is 0 Å². The minimum atomic E-state index is -0.861. The van der Waals surface area contributed by atoms with E-state index in [-0.39, 0.29) is 0 Å². The smallest absolute Gasteiger partial charge is 0.335 e. The Hall–Kier alpha value is -1.57. The van der Waals surface area contributed by atoms with Crippen LogP contribution in [0.25, 0.3) is 0 Å². The van der Waals surface area contributed by atoms with Crippen LogP contribution in [0.2, 0.25) is 0 Å². The summed E-state index contributed by atoms with van der Waals surface area (Å²) < 4.78 is 0. The number of rotatable bonds is 4. The van der Waals surface area contributed by atoms with Gasteiger partial charge in [0.15, 0.2) is 0 Å². The van der Waals surface area contributed by atoms with Crippen molar-refractivity contribution in [3.05, 3.63) is 48.0 Å². The molecule has 0 saturated carbocycles. The molecular formula is C11H12O2. The maximum atomic E-state index is 10.8. The first-order valence-corrected chi connectivity index (χ1v) is 4.18. The van der Waals surface area contributed by atoms with Gasteiger partial charge in [0.05, 0.1) is 5.56 Å². The molecule has 0 radical (unpaired) electrons. The standard InChI is InChI=1S/C11H12O2/c1-2-3-6-9-7-4-5-8-10(9)11(12)13/h2,4-5,7-8H,1,3,6H2,(H,12,13). The van der Waals surface area contributed by atoms with E-state index in [1.54, 1.807) is 18.2 Å². The Labute approximate surface area is 77.5 Å². The van der Waals surface area contributed by atoms with Gasteiger partial charge in [0.25, 0.3) is 0 Å².